The number of nitrogens with one attached hydrogen (secondary N) is 2. The number of hydrogen-bond donors (Lipinski definition) is 2. The lowest BCUT2D eigenvalue weighted by molar-refractivity contribution is -0.126. The summed E-state index contributed by atoms with van der Waals surface area (Å²) in [6.45, 7) is 4.43. The highest BCUT2D eigenvalue weighted by molar-refractivity contribution is 6.02. The van der Waals surface area contributed by atoms with Crippen LogP contribution in [0.3, 0.4) is 0 Å². The van der Waals surface area contributed by atoms with Gasteiger partial charge in [0.15, 0.2) is 0 Å². The van der Waals surface area contributed by atoms with Crippen LogP contribution in [0.5, 0.6) is 0 Å². The summed E-state index contributed by atoms with van der Waals surface area (Å²) < 4.78 is 0. The van der Waals surface area contributed by atoms with Gasteiger partial charge in [-0.25, -0.2) is 0 Å². The van der Waals surface area contributed by atoms with Crippen LogP contribution in [0.1, 0.15) is 41.8 Å². The highest BCUT2D eigenvalue weighted by Gasteiger charge is 2.36. The summed E-state index contributed by atoms with van der Waals surface area (Å²) >= 11 is 0. The average Bonchev–Trinajstić information content (AvgIpc) is 3.12. The Labute approximate surface area is 164 Å². The predicted octanol–water partition coefficient (Wildman–Crippen LogP) is 2.63. The third-order valence-electron chi connectivity index (χ3n) is 5.07. The number of anilines is 1. The van der Waals surface area contributed by atoms with E-state index in [1.54, 1.807) is 29.2 Å². The molecule has 2 aromatic carbocycles. The van der Waals surface area contributed by atoms with Gasteiger partial charge in [-0.3, -0.25) is 25.2 Å². The van der Waals surface area contributed by atoms with Gasteiger partial charge in [0.05, 0.1) is 5.92 Å². The fraction of sp³-hybridized carbons (Fsp3) is 0.318. The molecule has 1 aliphatic heterocycles. The van der Waals surface area contributed by atoms with E-state index in [-0.39, 0.29) is 24.1 Å². The van der Waals surface area contributed by atoms with Crippen LogP contribution >= 0.6 is 0 Å². The van der Waals surface area contributed by atoms with E-state index in [1.807, 2.05) is 24.3 Å². The Morgan fingerprint density at radius 3 is 2.21 bits per heavy atom. The first kappa shape index (κ1) is 19.6. The van der Waals surface area contributed by atoms with E-state index in [1.165, 1.54) is 0 Å². The Morgan fingerprint density at radius 1 is 0.964 bits per heavy atom. The molecule has 0 spiro atoms. The van der Waals surface area contributed by atoms with Crippen molar-refractivity contribution < 1.29 is 14.4 Å². The number of nitrogens with zero attached hydrogens (tertiary/aromatic N) is 1. The topological polar surface area (TPSA) is 78.5 Å². The molecule has 1 aliphatic rings. The molecule has 0 aromatic heterocycles. The third-order valence-corrected chi connectivity index (χ3v) is 5.07. The first-order chi connectivity index (χ1) is 13.5. The number of hydrogen-bond acceptors (Lipinski definition) is 3. The Kier molecular flexibility index (Phi) is 6.09. The van der Waals surface area contributed by atoms with E-state index in [0.717, 1.165) is 29.7 Å². The van der Waals surface area contributed by atoms with Crippen molar-refractivity contribution in [3.05, 3.63) is 65.2 Å². The van der Waals surface area contributed by atoms with Crippen molar-refractivity contribution in [3.8, 4) is 0 Å². The van der Waals surface area contributed by atoms with E-state index in [4.69, 9.17) is 0 Å². The molecule has 2 aromatic rings. The zero-order valence-electron chi connectivity index (χ0n) is 16.2. The highest BCUT2D eigenvalue weighted by Crippen LogP contribution is 2.32. The molecule has 0 aliphatic carbocycles. The number of rotatable bonds is 5. The van der Waals surface area contributed by atoms with Crippen LogP contribution in [0.15, 0.2) is 48.5 Å². The maximum atomic E-state index is 12.6. The van der Waals surface area contributed by atoms with Gasteiger partial charge in [0.2, 0.25) is 11.8 Å². The van der Waals surface area contributed by atoms with Gasteiger partial charge in [-0.15, -0.1) is 0 Å². The van der Waals surface area contributed by atoms with Crippen molar-refractivity contribution in [2.75, 3.05) is 11.4 Å². The first-order valence-electron chi connectivity index (χ1n) is 9.61. The van der Waals surface area contributed by atoms with E-state index < -0.39 is 5.92 Å². The van der Waals surface area contributed by atoms with Gasteiger partial charge in [0.1, 0.15) is 0 Å². The molecule has 3 amide bonds. The summed E-state index contributed by atoms with van der Waals surface area (Å²) in [5.74, 6) is -1.31. The lowest BCUT2D eigenvalue weighted by Gasteiger charge is -2.23. The zero-order chi connectivity index (χ0) is 20.1. The van der Waals surface area contributed by atoms with Gasteiger partial charge in [-0.1, -0.05) is 50.2 Å². The molecular formula is C22H25N3O3. The predicted molar refractivity (Wildman–Crippen MR) is 108 cm³/mol. The molecule has 28 heavy (non-hydrogen) atoms. The molecule has 1 atom stereocenters. The molecule has 6 nitrogen and oxygen atoms in total. The van der Waals surface area contributed by atoms with Gasteiger partial charge >= 0.3 is 0 Å². The van der Waals surface area contributed by atoms with Gasteiger partial charge in [0, 0.05) is 24.2 Å². The van der Waals surface area contributed by atoms with E-state index in [9.17, 15) is 14.4 Å². The second-order valence-electron chi connectivity index (χ2n) is 6.85. The van der Waals surface area contributed by atoms with E-state index in [2.05, 4.69) is 24.7 Å². The van der Waals surface area contributed by atoms with Crippen LogP contribution in [-0.2, 0) is 22.4 Å². The minimum Gasteiger partial charge on any atom is -0.311 e. The quantitative estimate of drug-likeness (QED) is 0.784. The summed E-state index contributed by atoms with van der Waals surface area (Å²) in [7, 11) is 0. The summed E-state index contributed by atoms with van der Waals surface area (Å²) in [6, 6.07) is 14.7. The van der Waals surface area contributed by atoms with E-state index >= 15 is 0 Å². The first-order valence-corrected chi connectivity index (χ1v) is 9.61. The lowest BCUT2D eigenvalue weighted by Crippen LogP contribution is -2.45. The van der Waals surface area contributed by atoms with Crippen LogP contribution in [-0.4, -0.2) is 24.3 Å². The molecule has 2 N–H and O–H groups in total. The van der Waals surface area contributed by atoms with Gasteiger partial charge < -0.3 is 4.90 Å². The minimum absolute atomic E-state index is 0.0647. The highest BCUT2D eigenvalue weighted by atomic mass is 16.2. The van der Waals surface area contributed by atoms with Crippen molar-refractivity contribution in [1.29, 1.82) is 0 Å². The Balaban J connectivity index is 1.68. The van der Waals surface area contributed by atoms with Crippen molar-refractivity contribution in [2.24, 2.45) is 5.92 Å². The molecule has 0 bridgehead atoms. The van der Waals surface area contributed by atoms with Crippen LogP contribution in [0.25, 0.3) is 0 Å². The number of benzene rings is 2. The summed E-state index contributed by atoms with van der Waals surface area (Å²) in [6.07, 6.45) is 1.77. The fourth-order valence-electron chi connectivity index (χ4n) is 3.54. The van der Waals surface area contributed by atoms with Gasteiger partial charge in [-0.05, 0) is 36.1 Å². The maximum Gasteiger partial charge on any atom is 0.269 e. The lowest BCUT2D eigenvalue weighted by atomic mass is 10.0. The molecule has 1 fully saturated rings. The summed E-state index contributed by atoms with van der Waals surface area (Å²) in [5, 5.41) is 0. The number of para-hydroxylation sites is 1. The van der Waals surface area contributed by atoms with Gasteiger partial charge in [0.25, 0.3) is 5.91 Å². The number of amides is 3. The van der Waals surface area contributed by atoms with E-state index in [0.29, 0.717) is 12.1 Å². The number of aryl methyl sites for hydroxylation is 2. The molecule has 1 heterocycles. The monoisotopic (exact) mass is 379 g/mol. The average molecular weight is 379 g/mol. The van der Waals surface area contributed by atoms with Crippen molar-refractivity contribution in [1.82, 2.24) is 10.9 Å². The second-order valence-corrected chi connectivity index (χ2v) is 6.85. The van der Waals surface area contributed by atoms with Crippen LogP contribution in [0, 0.1) is 5.92 Å². The largest absolute Gasteiger partial charge is 0.311 e. The Hall–Kier alpha value is -3.15. The fourth-order valence-corrected chi connectivity index (χ4v) is 3.54. The summed E-state index contributed by atoms with van der Waals surface area (Å²) in [5.41, 5.74) is 8.47. The second kappa shape index (κ2) is 8.69. The molecule has 0 saturated carbocycles. The van der Waals surface area contributed by atoms with Crippen molar-refractivity contribution in [2.45, 2.75) is 33.1 Å². The van der Waals surface area contributed by atoms with Gasteiger partial charge in [-0.2, -0.15) is 0 Å². The molecule has 146 valence electrons. The van der Waals surface area contributed by atoms with Crippen LogP contribution in [0.2, 0.25) is 0 Å². The molecule has 0 unspecified atom stereocenters. The Morgan fingerprint density at radius 2 is 1.61 bits per heavy atom. The maximum absolute atomic E-state index is 12.6. The standard InChI is InChI=1S/C22H25N3O3/c1-3-15-11-8-12-16(4-2)20(15)25-14-18(13-19(25)26)22(28)24-23-21(27)17-9-6-5-7-10-17/h5-12,18H,3-4,13-14H2,1-2H3,(H,23,27)(H,24,28)/t18-/m0/s1. The van der Waals surface area contributed by atoms with Crippen molar-refractivity contribution >= 4 is 23.4 Å². The molecule has 1 saturated heterocycles. The minimum atomic E-state index is -0.502. The third kappa shape index (κ3) is 4.06. The molecule has 6 heteroatoms. The van der Waals surface area contributed by atoms with Crippen LogP contribution < -0.4 is 15.8 Å². The Bertz CT molecular complexity index is 858. The van der Waals surface area contributed by atoms with Crippen LogP contribution in [0.4, 0.5) is 5.69 Å². The van der Waals surface area contributed by atoms with Crippen molar-refractivity contribution in [3.63, 3.8) is 0 Å². The molecular weight excluding hydrogens is 354 g/mol. The molecule has 3 rings (SSSR count). The molecule has 0 radical (unpaired) electrons. The number of hydrazine groups is 1. The normalized spacial score (nSPS) is 16.1. The number of carbonyl (C=O) groups is 3. The summed E-state index contributed by atoms with van der Waals surface area (Å²) in [4.78, 5) is 39.0. The SMILES string of the molecule is CCc1cccc(CC)c1N1C[C@@H](C(=O)NNC(=O)c2ccccc2)CC1=O. The zero-order valence-corrected chi connectivity index (χ0v) is 16.2. The number of carbonyl (C=O) groups excluding carboxylic acids is 3. The smallest absolute Gasteiger partial charge is 0.269 e.